The van der Waals surface area contributed by atoms with Crippen molar-refractivity contribution >= 4 is 31.6 Å². The summed E-state index contributed by atoms with van der Waals surface area (Å²) in [5, 5.41) is 1.69. The van der Waals surface area contributed by atoms with E-state index in [9.17, 15) is 14.0 Å². The summed E-state index contributed by atoms with van der Waals surface area (Å²) in [5.74, 6) is 0. The van der Waals surface area contributed by atoms with Gasteiger partial charge in [-0.15, -0.1) is 0 Å². The molecule has 0 fully saturated rings. The monoisotopic (exact) mass is 354 g/mol. The highest BCUT2D eigenvalue weighted by Gasteiger charge is 2.30. The smallest absolute Gasteiger partial charge is 0.148 e. The van der Waals surface area contributed by atoms with E-state index in [4.69, 9.17) is 3.74 Å². The molecule has 114 valence electrons. The summed E-state index contributed by atoms with van der Waals surface area (Å²) in [6.07, 6.45) is 0. The van der Waals surface area contributed by atoms with E-state index in [1.54, 1.807) is 5.41 Å². The fourth-order valence-corrected chi connectivity index (χ4v) is 5.91. The minimum absolute atomic E-state index is 0.714. The Balaban J connectivity index is 1.98. The lowest BCUT2D eigenvalue weighted by molar-refractivity contribution is -1.91. The Bertz CT molecular complexity index is 724. The van der Waals surface area contributed by atoms with Crippen molar-refractivity contribution in [1.29, 1.82) is 0 Å². The van der Waals surface area contributed by atoms with Crippen LogP contribution in [0.2, 0.25) is 0 Å². The Morgan fingerprint density at radius 1 is 0.818 bits per heavy atom. The molecule has 0 spiro atoms. The average molecular weight is 355 g/mol. The lowest BCUT2D eigenvalue weighted by atomic mass is 10.2. The molecular formula is C15H11ClO4S2. The van der Waals surface area contributed by atoms with E-state index in [2.05, 4.69) is 0 Å². The molecule has 0 aliphatic carbocycles. The lowest BCUT2D eigenvalue weighted by Crippen LogP contribution is -2.60. The molecule has 1 heterocycles. The van der Waals surface area contributed by atoms with Crippen LogP contribution in [0, 0.1) is 10.2 Å². The van der Waals surface area contributed by atoms with Crippen LogP contribution in [0.3, 0.4) is 0 Å². The van der Waals surface area contributed by atoms with Gasteiger partial charge in [0, 0.05) is 10.3 Å². The molecule has 2 aromatic carbocycles. The molecule has 0 amide bonds. The zero-order valence-corrected chi connectivity index (χ0v) is 13.6. The first-order valence-electron chi connectivity index (χ1n) is 6.24. The maximum absolute atomic E-state index is 11.0. The van der Waals surface area contributed by atoms with Gasteiger partial charge in [0.2, 0.25) is 0 Å². The summed E-state index contributed by atoms with van der Waals surface area (Å²) >= 11 is 1.42. The average Bonchev–Trinajstić information content (AvgIpc) is 2.91. The van der Waals surface area contributed by atoms with Crippen molar-refractivity contribution in [3.8, 4) is 0 Å². The van der Waals surface area contributed by atoms with E-state index in [0.29, 0.717) is 4.20 Å². The SMILES string of the molecule is [O-][Cl+3]([O-])([O-])OS1=C(c2ccccc2)SC(c2ccccc2)=C1. The summed E-state index contributed by atoms with van der Waals surface area (Å²) in [6, 6.07) is 18.9. The third-order valence-electron chi connectivity index (χ3n) is 2.81. The van der Waals surface area contributed by atoms with Crippen LogP contribution in [0.1, 0.15) is 11.1 Å². The maximum Gasteiger partial charge on any atom is 0.148 e. The molecule has 4 nitrogen and oxygen atoms in total. The molecule has 1 aliphatic heterocycles. The number of benzene rings is 2. The van der Waals surface area contributed by atoms with Crippen molar-refractivity contribution in [2.75, 3.05) is 0 Å². The standard InChI is InChI=1S/C15H11ClO4S2/c17-16(18,19)20-22-11-14(12-7-3-1-4-8-12)21-15(22)13-9-5-2-6-10-13/h1-11H. The Kier molecular flexibility index (Phi) is 4.70. The first-order chi connectivity index (χ1) is 10.5. The maximum atomic E-state index is 11.0. The van der Waals surface area contributed by atoms with Gasteiger partial charge in [-0.3, -0.25) is 0 Å². The zero-order valence-electron chi connectivity index (χ0n) is 11.2. The van der Waals surface area contributed by atoms with Crippen LogP contribution in [-0.2, 0) is 3.74 Å². The number of thioether (sulfide) groups is 1. The summed E-state index contributed by atoms with van der Waals surface area (Å²) in [5.41, 5.74) is 1.80. The van der Waals surface area contributed by atoms with Gasteiger partial charge in [-0.1, -0.05) is 72.4 Å². The van der Waals surface area contributed by atoms with Crippen molar-refractivity contribution < 1.29 is 28.0 Å². The Morgan fingerprint density at radius 3 is 1.91 bits per heavy atom. The van der Waals surface area contributed by atoms with E-state index >= 15 is 0 Å². The van der Waals surface area contributed by atoms with Crippen LogP contribution in [-0.4, -0.2) is 4.20 Å². The highest BCUT2D eigenvalue weighted by molar-refractivity contribution is 8.40. The van der Waals surface area contributed by atoms with Crippen molar-refractivity contribution in [3.63, 3.8) is 0 Å². The van der Waals surface area contributed by atoms with E-state index < -0.39 is 21.0 Å². The van der Waals surface area contributed by atoms with Crippen molar-refractivity contribution in [2.45, 2.75) is 0 Å². The topological polar surface area (TPSA) is 78.4 Å². The number of halogens is 1. The van der Waals surface area contributed by atoms with Crippen LogP contribution >= 0.6 is 22.5 Å². The molecule has 0 N–H and O–H groups in total. The molecule has 1 unspecified atom stereocenters. The summed E-state index contributed by atoms with van der Waals surface area (Å²) in [4.78, 5) is 0.877. The Morgan fingerprint density at radius 2 is 1.36 bits per heavy atom. The molecule has 2 aromatic rings. The highest BCUT2D eigenvalue weighted by Crippen LogP contribution is 2.46. The first kappa shape index (κ1) is 15.8. The largest absolute Gasteiger partial charge is 0.182 e. The van der Waals surface area contributed by atoms with E-state index in [1.807, 2.05) is 60.7 Å². The highest BCUT2D eigenvalue weighted by atomic mass is 35.7. The van der Waals surface area contributed by atoms with E-state index in [0.717, 1.165) is 16.0 Å². The van der Waals surface area contributed by atoms with Crippen LogP contribution in [0.25, 0.3) is 4.91 Å². The Labute approximate surface area is 136 Å². The molecular weight excluding hydrogens is 344 g/mol. The van der Waals surface area contributed by atoms with Gasteiger partial charge in [-0.05, 0) is 11.1 Å². The summed E-state index contributed by atoms with van der Waals surface area (Å²) in [7, 11) is -5.70. The van der Waals surface area contributed by atoms with Gasteiger partial charge in [0.25, 0.3) is 0 Å². The fraction of sp³-hybridized carbons (Fsp3) is 0. The molecule has 22 heavy (non-hydrogen) atoms. The molecule has 0 radical (unpaired) electrons. The van der Waals surface area contributed by atoms with E-state index in [1.165, 1.54) is 11.8 Å². The predicted octanol–water partition coefficient (Wildman–Crippen LogP) is 1.01. The second-order valence-electron chi connectivity index (χ2n) is 4.34. The fourth-order valence-electron chi connectivity index (χ4n) is 1.92. The van der Waals surface area contributed by atoms with Crippen molar-refractivity contribution in [1.82, 2.24) is 0 Å². The minimum atomic E-state index is -4.48. The molecule has 1 atom stereocenters. The quantitative estimate of drug-likeness (QED) is 0.766. The van der Waals surface area contributed by atoms with Gasteiger partial charge in [-0.25, -0.2) is 0 Å². The van der Waals surface area contributed by atoms with Crippen LogP contribution in [0.4, 0.5) is 0 Å². The van der Waals surface area contributed by atoms with Gasteiger partial charge >= 0.3 is 0 Å². The molecule has 0 bridgehead atoms. The third-order valence-corrected chi connectivity index (χ3v) is 6.91. The number of rotatable bonds is 4. The van der Waals surface area contributed by atoms with Crippen molar-refractivity contribution in [3.05, 3.63) is 77.2 Å². The molecule has 0 saturated heterocycles. The molecule has 0 aromatic heterocycles. The lowest BCUT2D eigenvalue weighted by Gasteiger charge is -2.12. The number of hydrogen-bond donors (Lipinski definition) is 0. The normalized spacial score (nSPS) is 18.4. The van der Waals surface area contributed by atoms with Gasteiger partial charge in [0.1, 0.15) is 14.5 Å². The van der Waals surface area contributed by atoms with Gasteiger partial charge in [0.15, 0.2) is 0 Å². The molecule has 3 rings (SSSR count). The van der Waals surface area contributed by atoms with Crippen LogP contribution in [0.5, 0.6) is 0 Å². The van der Waals surface area contributed by atoms with Crippen LogP contribution < -0.4 is 14.0 Å². The van der Waals surface area contributed by atoms with Crippen molar-refractivity contribution in [2.24, 2.45) is 0 Å². The second kappa shape index (κ2) is 6.55. The predicted molar refractivity (Wildman–Crippen MR) is 81.2 cm³/mol. The van der Waals surface area contributed by atoms with Gasteiger partial charge in [0.05, 0.1) is 14.4 Å². The first-order valence-corrected chi connectivity index (χ1v) is 9.51. The number of hydrogen-bond acceptors (Lipinski definition) is 5. The summed E-state index contributed by atoms with van der Waals surface area (Å²) < 4.78 is 38.3. The van der Waals surface area contributed by atoms with E-state index in [-0.39, 0.29) is 0 Å². The van der Waals surface area contributed by atoms with Gasteiger partial charge in [-0.2, -0.15) is 14.0 Å². The molecule has 0 saturated carbocycles. The zero-order chi connectivity index (χ0) is 15.6. The second-order valence-corrected chi connectivity index (χ2v) is 8.15. The Hall–Kier alpha value is -1.12. The minimum Gasteiger partial charge on any atom is -0.182 e. The van der Waals surface area contributed by atoms with Gasteiger partial charge < -0.3 is 0 Å². The molecule has 7 heteroatoms. The van der Waals surface area contributed by atoms with Crippen LogP contribution in [0.15, 0.2) is 66.1 Å². The third kappa shape index (κ3) is 3.80. The molecule has 1 aliphatic rings. The summed E-state index contributed by atoms with van der Waals surface area (Å²) in [6.45, 7) is 0.